The van der Waals surface area contributed by atoms with E-state index in [1.165, 1.54) is 18.2 Å². The van der Waals surface area contributed by atoms with Gasteiger partial charge in [-0.3, -0.25) is 14.4 Å². The SMILES string of the molecule is COC(=O)CCCN(C)C(=O)c1c[nH]c(=O)cn1. The summed E-state index contributed by atoms with van der Waals surface area (Å²) in [5.41, 5.74) is -0.199. The zero-order chi connectivity index (χ0) is 13.5. The van der Waals surface area contributed by atoms with Gasteiger partial charge in [0.05, 0.1) is 13.3 Å². The Morgan fingerprint density at radius 3 is 2.78 bits per heavy atom. The number of rotatable bonds is 5. The van der Waals surface area contributed by atoms with Gasteiger partial charge in [0, 0.05) is 26.2 Å². The van der Waals surface area contributed by atoms with E-state index < -0.39 is 0 Å². The molecule has 0 fully saturated rings. The van der Waals surface area contributed by atoms with E-state index in [2.05, 4.69) is 14.7 Å². The Hall–Kier alpha value is -2.18. The molecule has 1 aromatic heterocycles. The number of hydrogen-bond acceptors (Lipinski definition) is 5. The molecule has 98 valence electrons. The lowest BCUT2D eigenvalue weighted by Gasteiger charge is -2.15. The number of aromatic amines is 1. The molecule has 7 nitrogen and oxygen atoms in total. The topological polar surface area (TPSA) is 92.4 Å². The van der Waals surface area contributed by atoms with Crippen molar-refractivity contribution in [1.29, 1.82) is 0 Å². The summed E-state index contributed by atoms with van der Waals surface area (Å²) in [7, 11) is 2.92. The van der Waals surface area contributed by atoms with Gasteiger partial charge in [0.1, 0.15) is 5.69 Å². The Morgan fingerprint density at radius 1 is 1.50 bits per heavy atom. The van der Waals surface area contributed by atoms with Crippen molar-refractivity contribution >= 4 is 11.9 Å². The zero-order valence-electron chi connectivity index (χ0n) is 10.3. The van der Waals surface area contributed by atoms with Crippen LogP contribution >= 0.6 is 0 Å². The van der Waals surface area contributed by atoms with Crippen LogP contribution < -0.4 is 5.56 Å². The van der Waals surface area contributed by atoms with Crippen LogP contribution in [0.25, 0.3) is 0 Å². The second kappa shape index (κ2) is 6.53. The number of amides is 1. The highest BCUT2D eigenvalue weighted by molar-refractivity contribution is 5.91. The molecule has 0 unspecified atom stereocenters. The maximum atomic E-state index is 11.8. The number of carbonyl (C=O) groups excluding carboxylic acids is 2. The molecule has 0 saturated carbocycles. The van der Waals surface area contributed by atoms with Crippen molar-refractivity contribution in [3.05, 3.63) is 28.4 Å². The van der Waals surface area contributed by atoms with Gasteiger partial charge >= 0.3 is 5.97 Å². The molecule has 0 atom stereocenters. The largest absolute Gasteiger partial charge is 0.469 e. The number of methoxy groups -OCH3 is 1. The predicted molar refractivity (Wildman–Crippen MR) is 63.1 cm³/mol. The molecule has 0 radical (unpaired) electrons. The molecule has 0 aliphatic heterocycles. The number of nitrogens with one attached hydrogen (secondary N) is 1. The summed E-state index contributed by atoms with van der Waals surface area (Å²) in [5, 5.41) is 0. The number of H-pyrrole nitrogens is 1. The molecule has 1 aromatic rings. The molecule has 18 heavy (non-hydrogen) atoms. The van der Waals surface area contributed by atoms with Crippen molar-refractivity contribution in [2.75, 3.05) is 20.7 Å². The summed E-state index contributed by atoms with van der Waals surface area (Å²) < 4.78 is 4.50. The van der Waals surface area contributed by atoms with Crippen LogP contribution in [0, 0.1) is 0 Å². The molecule has 0 spiro atoms. The minimum absolute atomic E-state index is 0.162. The third-order valence-corrected chi connectivity index (χ3v) is 2.34. The molecular weight excluding hydrogens is 238 g/mol. The standard InChI is InChI=1S/C11H15N3O4/c1-14(5-3-4-10(16)18-2)11(17)8-6-13-9(15)7-12-8/h6-7H,3-5H2,1-2H3,(H,13,15). The van der Waals surface area contributed by atoms with Gasteiger partial charge in [0.25, 0.3) is 11.5 Å². The highest BCUT2D eigenvalue weighted by Gasteiger charge is 2.13. The Labute approximate surface area is 104 Å². The number of aromatic nitrogens is 2. The first-order chi connectivity index (χ1) is 8.54. The first-order valence-electron chi connectivity index (χ1n) is 5.41. The number of esters is 1. The quantitative estimate of drug-likeness (QED) is 0.733. The first kappa shape index (κ1) is 13.9. The summed E-state index contributed by atoms with van der Waals surface area (Å²) in [6.07, 6.45) is 3.09. The van der Waals surface area contributed by atoms with Crippen LogP contribution in [-0.4, -0.2) is 47.4 Å². The number of nitrogens with zero attached hydrogens (tertiary/aromatic N) is 2. The minimum Gasteiger partial charge on any atom is -0.469 e. The van der Waals surface area contributed by atoms with Crippen molar-refractivity contribution < 1.29 is 14.3 Å². The van der Waals surface area contributed by atoms with Gasteiger partial charge in [-0.15, -0.1) is 0 Å². The lowest BCUT2D eigenvalue weighted by atomic mass is 10.3. The normalized spacial score (nSPS) is 9.89. The van der Waals surface area contributed by atoms with E-state index in [-0.39, 0.29) is 29.6 Å². The summed E-state index contributed by atoms with van der Waals surface area (Å²) >= 11 is 0. The lowest BCUT2D eigenvalue weighted by Crippen LogP contribution is -2.29. The number of ether oxygens (including phenoxy) is 1. The Balaban J connectivity index is 2.49. The molecule has 1 amide bonds. The molecule has 0 bridgehead atoms. The van der Waals surface area contributed by atoms with Crippen LogP contribution in [0.5, 0.6) is 0 Å². The van der Waals surface area contributed by atoms with Crippen molar-refractivity contribution in [1.82, 2.24) is 14.9 Å². The predicted octanol–water partition coefficient (Wildman–Crippen LogP) is -0.205. The zero-order valence-corrected chi connectivity index (χ0v) is 10.3. The van der Waals surface area contributed by atoms with Gasteiger partial charge in [-0.05, 0) is 6.42 Å². The molecular formula is C11H15N3O4. The van der Waals surface area contributed by atoms with E-state index in [0.717, 1.165) is 6.20 Å². The Bertz CT molecular complexity index is 463. The van der Waals surface area contributed by atoms with E-state index in [4.69, 9.17) is 0 Å². The third-order valence-electron chi connectivity index (χ3n) is 2.34. The fraction of sp³-hybridized carbons (Fsp3) is 0.455. The summed E-state index contributed by atoms with van der Waals surface area (Å²) in [6.45, 7) is 0.411. The van der Waals surface area contributed by atoms with Crippen LogP contribution in [0.1, 0.15) is 23.3 Å². The van der Waals surface area contributed by atoms with Crippen LogP contribution in [0.4, 0.5) is 0 Å². The van der Waals surface area contributed by atoms with Gasteiger partial charge in [-0.25, -0.2) is 4.98 Å². The highest BCUT2D eigenvalue weighted by atomic mass is 16.5. The van der Waals surface area contributed by atoms with Crippen LogP contribution in [0.2, 0.25) is 0 Å². The molecule has 0 aromatic carbocycles. The van der Waals surface area contributed by atoms with E-state index >= 15 is 0 Å². The fourth-order valence-corrected chi connectivity index (χ4v) is 1.32. The number of hydrogen-bond donors (Lipinski definition) is 1. The summed E-state index contributed by atoms with van der Waals surface area (Å²) in [6, 6.07) is 0. The monoisotopic (exact) mass is 253 g/mol. The van der Waals surface area contributed by atoms with Gasteiger partial charge in [0.2, 0.25) is 0 Å². The van der Waals surface area contributed by atoms with Crippen molar-refractivity contribution in [2.45, 2.75) is 12.8 Å². The first-order valence-corrected chi connectivity index (χ1v) is 5.41. The smallest absolute Gasteiger partial charge is 0.305 e. The number of carbonyl (C=O) groups is 2. The minimum atomic E-state index is -0.361. The maximum Gasteiger partial charge on any atom is 0.305 e. The second-order valence-corrected chi connectivity index (χ2v) is 3.70. The van der Waals surface area contributed by atoms with Gasteiger partial charge < -0.3 is 14.6 Å². The second-order valence-electron chi connectivity index (χ2n) is 3.70. The van der Waals surface area contributed by atoms with E-state index in [1.54, 1.807) is 7.05 Å². The van der Waals surface area contributed by atoms with E-state index in [0.29, 0.717) is 13.0 Å². The molecule has 1 heterocycles. The fourth-order valence-electron chi connectivity index (χ4n) is 1.32. The summed E-state index contributed by atoms with van der Waals surface area (Å²) in [5.74, 6) is -0.617. The molecule has 0 saturated heterocycles. The third kappa shape index (κ3) is 4.00. The highest BCUT2D eigenvalue weighted by Crippen LogP contribution is 2.00. The van der Waals surface area contributed by atoms with Crippen LogP contribution in [0.15, 0.2) is 17.2 Å². The molecule has 0 aliphatic rings. The van der Waals surface area contributed by atoms with Gasteiger partial charge in [-0.2, -0.15) is 0 Å². The van der Waals surface area contributed by atoms with Gasteiger partial charge in [-0.1, -0.05) is 0 Å². The summed E-state index contributed by atoms with van der Waals surface area (Å²) in [4.78, 5) is 41.1. The van der Waals surface area contributed by atoms with E-state index in [1.807, 2.05) is 0 Å². The van der Waals surface area contributed by atoms with Crippen molar-refractivity contribution in [2.24, 2.45) is 0 Å². The van der Waals surface area contributed by atoms with Crippen molar-refractivity contribution in [3.8, 4) is 0 Å². The lowest BCUT2D eigenvalue weighted by molar-refractivity contribution is -0.140. The molecule has 0 aliphatic carbocycles. The molecule has 7 heteroatoms. The average molecular weight is 253 g/mol. The Kier molecular flexibility index (Phi) is 5.04. The van der Waals surface area contributed by atoms with Crippen LogP contribution in [0.3, 0.4) is 0 Å². The molecule has 1 N–H and O–H groups in total. The molecule has 1 rings (SSSR count). The van der Waals surface area contributed by atoms with Crippen molar-refractivity contribution in [3.63, 3.8) is 0 Å². The maximum absolute atomic E-state index is 11.8. The van der Waals surface area contributed by atoms with E-state index in [9.17, 15) is 14.4 Å². The van der Waals surface area contributed by atoms with Gasteiger partial charge in [0.15, 0.2) is 0 Å². The average Bonchev–Trinajstić information content (AvgIpc) is 2.38. The van der Waals surface area contributed by atoms with Crippen LogP contribution in [-0.2, 0) is 9.53 Å². The Morgan fingerprint density at radius 2 is 2.22 bits per heavy atom.